The third-order valence-corrected chi connectivity index (χ3v) is 6.38. The maximum atomic E-state index is 12.8. The Balaban J connectivity index is 2.02. The minimum Gasteiger partial charge on any atom is -0.495 e. The fourth-order valence-corrected chi connectivity index (χ4v) is 4.13. The maximum absolute atomic E-state index is 12.8. The number of benzene rings is 2. The molecule has 0 aromatic heterocycles. The number of carbonyl (C=O) groups is 2. The number of anilines is 1. The van der Waals surface area contributed by atoms with Gasteiger partial charge in [0.25, 0.3) is 0 Å². The average Bonchev–Trinajstić information content (AvgIpc) is 2.74. The van der Waals surface area contributed by atoms with Crippen molar-refractivity contribution < 1.29 is 27.5 Å². The summed E-state index contributed by atoms with van der Waals surface area (Å²) in [5, 5.41) is 2.83. The number of sulfonamides is 1. The van der Waals surface area contributed by atoms with Gasteiger partial charge in [0.1, 0.15) is 10.6 Å². The van der Waals surface area contributed by atoms with E-state index in [4.69, 9.17) is 21.1 Å². The first kappa shape index (κ1) is 24.6. The number of hydrogen-bond donors (Lipinski definition) is 1. The van der Waals surface area contributed by atoms with Crippen LogP contribution in [-0.2, 0) is 19.6 Å². The molecule has 0 saturated heterocycles. The second-order valence-corrected chi connectivity index (χ2v) is 9.12. The number of amides is 1. The number of nitrogens with zero attached hydrogens (tertiary/aromatic N) is 1. The summed E-state index contributed by atoms with van der Waals surface area (Å²) >= 11 is 5.92. The quantitative estimate of drug-likeness (QED) is 0.422. The number of esters is 1. The van der Waals surface area contributed by atoms with Crippen LogP contribution in [0, 0.1) is 0 Å². The third kappa shape index (κ3) is 6.68. The summed E-state index contributed by atoms with van der Waals surface area (Å²) in [5.41, 5.74) is 0.781. The Morgan fingerprint density at radius 1 is 1.13 bits per heavy atom. The standard InChI is InChI=1S/C21H25ClN2O6S/c1-4-5-12-30-21(26)15-6-9-17(10-7-15)23-20(25)14-24(2)31(27,28)19-13-16(22)8-11-18(19)29-3/h6-11,13H,4-5,12,14H2,1-3H3,(H,23,25). The first-order valence-electron chi connectivity index (χ1n) is 9.56. The predicted octanol–water partition coefficient (Wildman–Crippen LogP) is 3.56. The van der Waals surface area contributed by atoms with Crippen molar-refractivity contribution in [3.63, 3.8) is 0 Å². The zero-order chi connectivity index (χ0) is 23.0. The fraction of sp³-hybridized carbons (Fsp3) is 0.333. The summed E-state index contributed by atoms with van der Waals surface area (Å²) in [6.07, 6.45) is 1.71. The molecule has 8 nitrogen and oxygen atoms in total. The molecule has 0 heterocycles. The molecule has 0 radical (unpaired) electrons. The van der Waals surface area contributed by atoms with E-state index in [2.05, 4.69) is 5.32 Å². The van der Waals surface area contributed by atoms with Crippen LogP contribution < -0.4 is 10.1 Å². The van der Waals surface area contributed by atoms with Gasteiger partial charge in [-0.25, -0.2) is 13.2 Å². The summed E-state index contributed by atoms with van der Waals surface area (Å²) in [4.78, 5) is 24.1. The van der Waals surface area contributed by atoms with Gasteiger partial charge in [-0.15, -0.1) is 0 Å². The van der Waals surface area contributed by atoms with E-state index in [9.17, 15) is 18.0 Å². The van der Waals surface area contributed by atoms with Gasteiger partial charge in [0.05, 0.1) is 25.8 Å². The molecule has 0 bridgehead atoms. The van der Waals surface area contributed by atoms with Crippen LogP contribution >= 0.6 is 11.6 Å². The van der Waals surface area contributed by atoms with Crippen molar-refractivity contribution in [3.8, 4) is 5.75 Å². The lowest BCUT2D eigenvalue weighted by Gasteiger charge is -2.18. The minimum absolute atomic E-state index is 0.123. The number of likely N-dealkylation sites (N-methyl/N-ethyl adjacent to an activating group) is 1. The molecule has 31 heavy (non-hydrogen) atoms. The Morgan fingerprint density at radius 3 is 2.42 bits per heavy atom. The maximum Gasteiger partial charge on any atom is 0.338 e. The molecule has 0 unspecified atom stereocenters. The molecule has 0 aliphatic carbocycles. The van der Waals surface area contributed by atoms with Gasteiger partial charge in [0.2, 0.25) is 15.9 Å². The molecule has 0 aliphatic rings. The van der Waals surface area contributed by atoms with Crippen molar-refractivity contribution in [3.05, 3.63) is 53.1 Å². The van der Waals surface area contributed by atoms with Crippen LogP contribution in [0.1, 0.15) is 30.1 Å². The summed E-state index contributed by atoms with van der Waals surface area (Å²) < 4.78 is 36.8. The van der Waals surface area contributed by atoms with Crippen LogP contribution in [-0.4, -0.2) is 51.9 Å². The van der Waals surface area contributed by atoms with Gasteiger partial charge in [-0.1, -0.05) is 24.9 Å². The smallest absolute Gasteiger partial charge is 0.338 e. The van der Waals surface area contributed by atoms with Crippen molar-refractivity contribution in [1.29, 1.82) is 0 Å². The van der Waals surface area contributed by atoms with Crippen LogP contribution in [0.5, 0.6) is 5.75 Å². The minimum atomic E-state index is -4.02. The molecule has 2 aromatic carbocycles. The van der Waals surface area contributed by atoms with Gasteiger partial charge in [0, 0.05) is 17.8 Å². The van der Waals surface area contributed by atoms with Crippen molar-refractivity contribution in [1.82, 2.24) is 4.31 Å². The molecule has 10 heteroatoms. The molecule has 1 N–H and O–H groups in total. The number of halogens is 1. The SMILES string of the molecule is CCCCOC(=O)c1ccc(NC(=O)CN(C)S(=O)(=O)c2cc(Cl)ccc2OC)cc1. The molecule has 0 spiro atoms. The Labute approximate surface area is 187 Å². The summed E-state index contributed by atoms with van der Waals surface area (Å²) in [6.45, 7) is 1.92. The van der Waals surface area contributed by atoms with Gasteiger partial charge in [-0.2, -0.15) is 4.31 Å². The monoisotopic (exact) mass is 468 g/mol. The van der Waals surface area contributed by atoms with Gasteiger partial charge in [-0.3, -0.25) is 4.79 Å². The van der Waals surface area contributed by atoms with E-state index in [1.807, 2.05) is 6.92 Å². The van der Waals surface area contributed by atoms with E-state index in [0.29, 0.717) is 17.9 Å². The Morgan fingerprint density at radius 2 is 1.81 bits per heavy atom. The lowest BCUT2D eigenvalue weighted by molar-refractivity contribution is -0.116. The number of nitrogens with one attached hydrogen (secondary N) is 1. The molecule has 0 saturated carbocycles. The van der Waals surface area contributed by atoms with E-state index < -0.39 is 28.4 Å². The lowest BCUT2D eigenvalue weighted by atomic mass is 10.2. The van der Waals surface area contributed by atoms with Crippen LogP contribution in [0.3, 0.4) is 0 Å². The van der Waals surface area contributed by atoms with Crippen molar-refractivity contribution in [2.45, 2.75) is 24.7 Å². The van der Waals surface area contributed by atoms with Gasteiger partial charge in [0.15, 0.2) is 0 Å². The highest BCUT2D eigenvalue weighted by Crippen LogP contribution is 2.29. The Kier molecular flexibility index (Phi) is 8.85. The molecule has 2 rings (SSSR count). The zero-order valence-electron chi connectivity index (χ0n) is 17.6. The molecule has 168 valence electrons. The zero-order valence-corrected chi connectivity index (χ0v) is 19.1. The topological polar surface area (TPSA) is 102 Å². The van der Waals surface area contributed by atoms with Crippen LogP contribution in [0.4, 0.5) is 5.69 Å². The van der Waals surface area contributed by atoms with Crippen molar-refractivity contribution >= 4 is 39.2 Å². The summed E-state index contributed by atoms with van der Waals surface area (Å²) in [6, 6.07) is 10.4. The molecule has 0 atom stereocenters. The molecular weight excluding hydrogens is 444 g/mol. The van der Waals surface area contributed by atoms with E-state index in [0.717, 1.165) is 17.1 Å². The number of ether oxygens (including phenoxy) is 2. The molecule has 0 fully saturated rings. The van der Waals surface area contributed by atoms with Gasteiger partial charge < -0.3 is 14.8 Å². The van der Waals surface area contributed by atoms with E-state index in [1.165, 1.54) is 44.5 Å². The summed E-state index contributed by atoms with van der Waals surface area (Å²) in [7, 11) is -1.39. The third-order valence-electron chi connectivity index (χ3n) is 4.32. The Bertz CT molecular complexity index is 1020. The van der Waals surface area contributed by atoms with Crippen molar-refractivity contribution in [2.75, 3.05) is 32.6 Å². The van der Waals surface area contributed by atoms with E-state index >= 15 is 0 Å². The number of carbonyl (C=O) groups excluding carboxylic acids is 2. The Hall–Kier alpha value is -2.62. The second-order valence-electron chi connectivity index (χ2n) is 6.67. The molecule has 1 amide bonds. The van der Waals surface area contributed by atoms with E-state index in [1.54, 1.807) is 12.1 Å². The normalized spacial score (nSPS) is 11.3. The van der Waals surface area contributed by atoms with Gasteiger partial charge in [-0.05, 0) is 48.9 Å². The highest BCUT2D eigenvalue weighted by Gasteiger charge is 2.27. The van der Waals surface area contributed by atoms with Crippen LogP contribution in [0.2, 0.25) is 5.02 Å². The lowest BCUT2D eigenvalue weighted by Crippen LogP contribution is -2.35. The first-order chi connectivity index (χ1) is 14.7. The number of hydrogen-bond acceptors (Lipinski definition) is 6. The number of rotatable bonds is 10. The fourth-order valence-electron chi connectivity index (χ4n) is 2.59. The second kappa shape index (κ2) is 11.1. The first-order valence-corrected chi connectivity index (χ1v) is 11.4. The van der Waals surface area contributed by atoms with Crippen molar-refractivity contribution in [2.24, 2.45) is 0 Å². The predicted molar refractivity (Wildman–Crippen MR) is 118 cm³/mol. The van der Waals surface area contributed by atoms with Crippen LogP contribution in [0.15, 0.2) is 47.4 Å². The highest BCUT2D eigenvalue weighted by atomic mass is 35.5. The van der Waals surface area contributed by atoms with E-state index in [-0.39, 0.29) is 15.7 Å². The van der Waals surface area contributed by atoms with Crippen LogP contribution in [0.25, 0.3) is 0 Å². The number of unbranched alkanes of at least 4 members (excludes halogenated alkanes) is 1. The molecule has 0 aliphatic heterocycles. The molecular formula is C21H25ClN2O6S. The van der Waals surface area contributed by atoms with Gasteiger partial charge >= 0.3 is 5.97 Å². The average molecular weight is 469 g/mol. The largest absolute Gasteiger partial charge is 0.495 e. The number of methoxy groups -OCH3 is 1. The molecule has 2 aromatic rings. The highest BCUT2D eigenvalue weighted by molar-refractivity contribution is 7.89. The summed E-state index contributed by atoms with van der Waals surface area (Å²) in [5.74, 6) is -0.865.